The summed E-state index contributed by atoms with van der Waals surface area (Å²) in [5.41, 5.74) is 6.53. The maximum absolute atomic E-state index is 5.85. The van der Waals surface area contributed by atoms with Crippen LogP contribution in [0.15, 0.2) is 46.7 Å². The van der Waals surface area contributed by atoms with E-state index in [0.717, 1.165) is 10.6 Å². The first kappa shape index (κ1) is 12.7. The molecule has 0 aliphatic heterocycles. The van der Waals surface area contributed by atoms with Crippen LogP contribution in [0.2, 0.25) is 0 Å². The lowest BCUT2D eigenvalue weighted by atomic mass is 10.3. The molecule has 2 N–H and O–H groups in total. The molecule has 1 aromatic heterocycles. The lowest BCUT2D eigenvalue weighted by Gasteiger charge is -2.11. The van der Waals surface area contributed by atoms with E-state index in [1.54, 1.807) is 18.5 Å². The summed E-state index contributed by atoms with van der Waals surface area (Å²) in [6.45, 7) is 3.96. The molecule has 1 aromatic carbocycles. The van der Waals surface area contributed by atoms with E-state index in [1.165, 1.54) is 11.8 Å². The molecule has 2 aromatic rings. The normalized spacial score (nSPS) is 10.6. The molecule has 0 spiro atoms. The van der Waals surface area contributed by atoms with Crippen molar-refractivity contribution < 1.29 is 4.74 Å². The SMILES string of the molecule is CC(C)Oc1cc(N)cc(Sc2ncccn2)c1. The van der Waals surface area contributed by atoms with Crippen molar-refractivity contribution in [2.24, 2.45) is 0 Å². The Morgan fingerprint density at radius 1 is 1.17 bits per heavy atom. The molecule has 0 amide bonds. The van der Waals surface area contributed by atoms with Crippen LogP contribution < -0.4 is 10.5 Å². The predicted octanol–water partition coefficient (Wildman–Crippen LogP) is 3.00. The van der Waals surface area contributed by atoms with Crippen LogP contribution in [-0.2, 0) is 0 Å². The van der Waals surface area contributed by atoms with Crippen LogP contribution in [0.1, 0.15) is 13.8 Å². The summed E-state index contributed by atoms with van der Waals surface area (Å²) in [6.07, 6.45) is 3.55. The molecule has 0 aliphatic rings. The van der Waals surface area contributed by atoms with E-state index in [2.05, 4.69) is 9.97 Å². The maximum atomic E-state index is 5.85. The molecule has 2 rings (SSSR count). The molecule has 0 bridgehead atoms. The van der Waals surface area contributed by atoms with Crippen molar-refractivity contribution in [2.75, 3.05) is 5.73 Å². The van der Waals surface area contributed by atoms with Crippen molar-refractivity contribution in [1.29, 1.82) is 0 Å². The van der Waals surface area contributed by atoms with Gasteiger partial charge in [-0.05, 0) is 43.8 Å². The Hall–Kier alpha value is -1.75. The van der Waals surface area contributed by atoms with Gasteiger partial charge in [0.05, 0.1) is 6.10 Å². The van der Waals surface area contributed by atoms with Crippen molar-refractivity contribution in [3.8, 4) is 5.75 Å². The topological polar surface area (TPSA) is 61.0 Å². The standard InChI is InChI=1S/C13H15N3OS/c1-9(2)17-11-6-10(14)7-12(8-11)18-13-15-4-3-5-16-13/h3-9H,14H2,1-2H3. The highest BCUT2D eigenvalue weighted by Crippen LogP contribution is 2.30. The molecule has 0 atom stereocenters. The summed E-state index contributed by atoms with van der Waals surface area (Å²) in [4.78, 5) is 9.30. The van der Waals surface area contributed by atoms with E-state index in [9.17, 15) is 0 Å². The van der Waals surface area contributed by atoms with Gasteiger partial charge in [-0.3, -0.25) is 0 Å². The van der Waals surface area contributed by atoms with Crippen molar-refractivity contribution in [1.82, 2.24) is 9.97 Å². The minimum Gasteiger partial charge on any atom is -0.491 e. The highest BCUT2D eigenvalue weighted by molar-refractivity contribution is 7.99. The lowest BCUT2D eigenvalue weighted by molar-refractivity contribution is 0.242. The van der Waals surface area contributed by atoms with Crippen molar-refractivity contribution in [3.63, 3.8) is 0 Å². The maximum Gasteiger partial charge on any atom is 0.192 e. The van der Waals surface area contributed by atoms with Crippen LogP contribution in [0.3, 0.4) is 0 Å². The zero-order valence-electron chi connectivity index (χ0n) is 10.3. The molecule has 0 saturated carbocycles. The molecule has 0 radical (unpaired) electrons. The minimum absolute atomic E-state index is 0.123. The smallest absolute Gasteiger partial charge is 0.192 e. The number of aromatic nitrogens is 2. The number of rotatable bonds is 4. The number of anilines is 1. The average molecular weight is 261 g/mol. The fraction of sp³-hybridized carbons (Fsp3) is 0.231. The first-order chi connectivity index (χ1) is 8.63. The van der Waals surface area contributed by atoms with Gasteiger partial charge in [-0.15, -0.1) is 0 Å². The Labute approximate surface area is 111 Å². The number of nitrogen functional groups attached to an aromatic ring is 1. The zero-order chi connectivity index (χ0) is 13.0. The van der Waals surface area contributed by atoms with Crippen molar-refractivity contribution in [2.45, 2.75) is 30.0 Å². The van der Waals surface area contributed by atoms with Crippen LogP contribution in [0.5, 0.6) is 5.75 Å². The Morgan fingerprint density at radius 3 is 2.56 bits per heavy atom. The summed E-state index contributed by atoms with van der Waals surface area (Å²) >= 11 is 1.46. The monoisotopic (exact) mass is 261 g/mol. The van der Waals surface area contributed by atoms with E-state index in [4.69, 9.17) is 10.5 Å². The van der Waals surface area contributed by atoms with Crippen LogP contribution >= 0.6 is 11.8 Å². The van der Waals surface area contributed by atoms with Gasteiger partial charge in [0.15, 0.2) is 5.16 Å². The van der Waals surface area contributed by atoms with Crippen LogP contribution in [0, 0.1) is 0 Å². The molecular formula is C13H15N3OS. The number of hydrogen-bond donors (Lipinski definition) is 1. The van der Waals surface area contributed by atoms with Gasteiger partial charge in [-0.1, -0.05) is 0 Å². The highest BCUT2D eigenvalue weighted by Gasteiger charge is 2.05. The third kappa shape index (κ3) is 3.63. The average Bonchev–Trinajstić information content (AvgIpc) is 2.28. The quantitative estimate of drug-likeness (QED) is 0.677. The highest BCUT2D eigenvalue weighted by atomic mass is 32.2. The van der Waals surface area contributed by atoms with E-state index in [1.807, 2.05) is 32.0 Å². The number of nitrogens with zero attached hydrogens (tertiary/aromatic N) is 2. The zero-order valence-corrected chi connectivity index (χ0v) is 11.1. The van der Waals surface area contributed by atoms with Gasteiger partial charge in [0, 0.05) is 29.0 Å². The van der Waals surface area contributed by atoms with E-state index in [0.29, 0.717) is 10.8 Å². The fourth-order valence-electron chi connectivity index (χ4n) is 1.44. The predicted molar refractivity (Wildman–Crippen MR) is 72.8 cm³/mol. The third-order valence-corrected chi connectivity index (χ3v) is 2.89. The van der Waals surface area contributed by atoms with Gasteiger partial charge in [0.2, 0.25) is 0 Å². The Morgan fingerprint density at radius 2 is 1.89 bits per heavy atom. The molecule has 0 unspecified atom stereocenters. The van der Waals surface area contributed by atoms with Crippen molar-refractivity contribution in [3.05, 3.63) is 36.7 Å². The van der Waals surface area contributed by atoms with Crippen LogP contribution in [0.25, 0.3) is 0 Å². The molecule has 18 heavy (non-hydrogen) atoms. The van der Waals surface area contributed by atoms with Gasteiger partial charge in [-0.2, -0.15) is 0 Å². The second-order valence-electron chi connectivity index (χ2n) is 4.04. The Kier molecular flexibility index (Phi) is 4.04. The molecule has 0 fully saturated rings. The van der Waals surface area contributed by atoms with Crippen LogP contribution in [-0.4, -0.2) is 16.1 Å². The molecule has 94 valence electrons. The lowest BCUT2D eigenvalue weighted by Crippen LogP contribution is -2.05. The Balaban J connectivity index is 2.20. The molecular weight excluding hydrogens is 246 g/mol. The molecule has 0 saturated heterocycles. The number of benzene rings is 1. The largest absolute Gasteiger partial charge is 0.491 e. The first-order valence-electron chi connectivity index (χ1n) is 5.65. The Bertz CT molecular complexity index is 517. The summed E-state index contributed by atoms with van der Waals surface area (Å²) in [6, 6.07) is 7.43. The fourth-order valence-corrected chi connectivity index (χ4v) is 2.24. The van der Waals surface area contributed by atoms with E-state index >= 15 is 0 Å². The summed E-state index contributed by atoms with van der Waals surface area (Å²) in [5, 5.41) is 0.693. The van der Waals surface area contributed by atoms with E-state index in [-0.39, 0.29) is 6.10 Å². The van der Waals surface area contributed by atoms with Gasteiger partial charge in [0.1, 0.15) is 5.75 Å². The van der Waals surface area contributed by atoms with Crippen LogP contribution in [0.4, 0.5) is 5.69 Å². The van der Waals surface area contributed by atoms with Gasteiger partial charge < -0.3 is 10.5 Å². The number of nitrogens with two attached hydrogens (primary N) is 1. The second kappa shape index (κ2) is 5.73. The summed E-state index contributed by atoms with van der Waals surface area (Å²) in [5.74, 6) is 0.767. The summed E-state index contributed by atoms with van der Waals surface area (Å²) in [7, 11) is 0. The summed E-state index contributed by atoms with van der Waals surface area (Å²) < 4.78 is 5.64. The van der Waals surface area contributed by atoms with Gasteiger partial charge >= 0.3 is 0 Å². The van der Waals surface area contributed by atoms with Gasteiger partial charge in [0.25, 0.3) is 0 Å². The molecule has 5 heteroatoms. The first-order valence-corrected chi connectivity index (χ1v) is 6.47. The number of ether oxygens (including phenoxy) is 1. The number of hydrogen-bond acceptors (Lipinski definition) is 5. The molecule has 4 nitrogen and oxygen atoms in total. The minimum atomic E-state index is 0.123. The van der Waals surface area contributed by atoms with Crippen molar-refractivity contribution >= 4 is 17.4 Å². The second-order valence-corrected chi connectivity index (χ2v) is 5.08. The molecule has 1 heterocycles. The molecule has 0 aliphatic carbocycles. The third-order valence-electron chi connectivity index (χ3n) is 2.03. The van der Waals surface area contributed by atoms with Gasteiger partial charge in [-0.25, -0.2) is 9.97 Å². The van der Waals surface area contributed by atoms with E-state index < -0.39 is 0 Å².